The van der Waals surface area contributed by atoms with Crippen LogP contribution in [-0.2, 0) is 4.79 Å². The number of rotatable bonds is 4. The molecule has 1 saturated heterocycles. The van der Waals surface area contributed by atoms with Crippen LogP contribution in [0.1, 0.15) is 26.7 Å². The summed E-state index contributed by atoms with van der Waals surface area (Å²) in [6.45, 7) is 4.67. The predicted octanol–water partition coefficient (Wildman–Crippen LogP) is 1.17. The standard InChI is InChI=1S/C14H22N4O2/c1-9(2)20-14-10(15)6-7-12(17-14)18-8-4-5-11(18)13(19)16-3/h6-7,9,11H,4-5,8,15H2,1-3H3,(H,16,19). The van der Waals surface area contributed by atoms with Gasteiger partial charge in [0.1, 0.15) is 11.9 Å². The van der Waals surface area contributed by atoms with Crippen LogP contribution in [0.25, 0.3) is 0 Å². The van der Waals surface area contributed by atoms with Crippen LogP contribution in [0.15, 0.2) is 12.1 Å². The molecule has 2 heterocycles. The van der Waals surface area contributed by atoms with E-state index in [1.165, 1.54) is 0 Å². The van der Waals surface area contributed by atoms with Crippen molar-refractivity contribution in [2.75, 3.05) is 24.2 Å². The van der Waals surface area contributed by atoms with E-state index < -0.39 is 0 Å². The Labute approximate surface area is 119 Å². The zero-order valence-corrected chi connectivity index (χ0v) is 12.2. The SMILES string of the molecule is CNC(=O)C1CCCN1c1ccc(N)c(OC(C)C)n1. The number of carbonyl (C=O) groups is 1. The second-order valence-corrected chi connectivity index (χ2v) is 5.20. The maximum Gasteiger partial charge on any atom is 0.242 e. The number of likely N-dealkylation sites (N-methyl/N-ethyl adjacent to an activating group) is 1. The molecule has 0 aliphatic carbocycles. The minimum atomic E-state index is -0.164. The maximum atomic E-state index is 11.9. The van der Waals surface area contributed by atoms with Gasteiger partial charge in [-0.05, 0) is 38.8 Å². The summed E-state index contributed by atoms with van der Waals surface area (Å²) in [6, 6.07) is 3.45. The number of hydrogen-bond donors (Lipinski definition) is 2. The molecule has 2 rings (SSSR count). The molecule has 0 radical (unpaired) electrons. The average molecular weight is 278 g/mol. The maximum absolute atomic E-state index is 11.9. The van der Waals surface area contributed by atoms with Gasteiger partial charge in [0.15, 0.2) is 0 Å². The number of nitrogens with zero attached hydrogens (tertiary/aromatic N) is 2. The third-order valence-electron chi connectivity index (χ3n) is 3.32. The Hall–Kier alpha value is -1.98. The number of ether oxygens (including phenoxy) is 1. The Morgan fingerprint density at radius 1 is 1.55 bits per heavy atom. The van der Waals surface area contributed by atoms with Crippen LogP contribution in [0.4, 0.5) is 11.5 Å². The van der Waals surface area contributed by atoms with Crippen molar-refractivity contribution in [3.63, 3.8) is 0 Å². The number of nitrogens with two attached hydrogens (primary N) is 1. The van der Waals surface area contributed by atoms with E-state index in [2.05, 4.69) is 10.3 Å². The van der Waals surface area contributed by atoms with Crippen molar-refractivity contribution in [2.45, 2.75) is 38.8 Å². The average Bonchev–Trinajstić information content (AvgIpc) is 2.89. The Bertz CT molecular complexity index is 490. The molecule has 3 N–H and O–H groups in total. The van der Waals surface area contributed by atoms with Crippen molar-refractivity contribution in [1.82, 2.24) is 10.3 Å². The van der Waals surface area contributed by atoms with E-state index in [-0.39, 0.29) is 18.1 Å². The van der Waals surface area contributed by atoms with Crippen LogP contribution in [0.2, 0.25) is 0 Å². The van der Waals surface area contributed by atoms with Gasteiger partial charge in [0, 0.05) is 13.6 Å². The van der Waals surface area contributed by atoms with Gasteiger partial charge < -0.3 is 20.7 Å². The molecule has 1 aromatic heterocycles. The van der Waals surface area contributed by atoms with Gasteiger partial charge in [-0.25, -0.2) is 0 Å². The molecule has 0 saturated carbocycles. The number of carbonyl (C=O) groups excluding carboxylic acids is 1. The highest BCUT2D eigenvalue weighted by Gasteiger charge is 2.31. The fourth-order valence-electron chi connectivity index (χ4n) is 2.40. The summed E-state index contributed by atoms with van der Waals surface area (Å²) in [5.74, 6) is 1.19. The molecule has 1 aliphatic heterocycles. The lowest BCUT2D eigenvalue weighted by Crippen LogP contribution is -2.42. The lowest BCUT2D eigenvalue weighted by molar-refractivity contribution is -0.121. The first-order valence-electron chi connectivity index (χ1n) is 6.94. The van der Waals surface area contributed by atoms with Crippen molar-refractivity contribution in [3.05, 3.63) is 12.1 Å². The van der Waals surface area contributed by atoms with Gasteiger partial charge in [-0.15, -0.1) is 0 Å². The molecule has 1 fully saturated rings. The van der Waals surface area contributed by atoms with E-state index in [1.807, 2.05) is 24.8 Å². The second-order valence-electron chi connectivity index (χ2n) is 5.20. The number of nitrogen functional groups attached to an aromatic ring is 1. The van der Waals surface area contributed by atoms with Crippen LogP contribution in [0.3, 0.4) is 0 Å². The van der Waals surface area contributed by atoms with Gasteiger partial charge in [-0.2, -0.15) is 4.98 Å². The molecule has 20 heavy (non-hydrogen) atoms. The van der Waals surface area contributed by atoms with Crippen molar-refractivity contribution in [2.24, 2.45) is 0 Å². The third-order valence-corrected chi connectivity index (χ3v) is 3.32. The Kier molecular flexibility index (Phi) is 4.32. The van der Waals surface area contributed by atoms with E-state index in [4.69, 9.17) is 10.5 Å². The Morgan fingerprint density at radius 3 is 2.95 bits per heavy atom. The number of aromatic nitrogens is 1. The summed E-state index contributed by atoms with van der Waals surface area (Å²) in [4.78, 5) is 18.4. The third kappa shape index (κ3) is 2.95. The molecule has 1 aromatic rings. The van der Waals surface area contributed by atoms with E-state index >= 15 is 0 Å². The molecule has 6 nitrogen and oxygen atoms in total. The van der Waals surface area contributed by atoms with Crippen molar-refractivity contribution >= 4 is 17.4 Å². The Balaban J connectivity index is 2.25. The largest absolute Gasteiger partial charge is 0.473 e. The van der Waals surface area contributed by atoms with Crippen molar-refractivity contribution < 1.29 is 9.53 Å². The quantitative estimate of drug-likeness (QED) is 0.864. The van der Waals surface area contributed by atoms with E-state index in [0.29, 0.717) is 11.6 Å². The van der Waals surface area contributed by atoms with Crippen LogP contribution < -0.4 is 20.7 Å². The van der Waals surface area contributed by atoms with E-state index in [9.17, 15) is 4.79 Å². The second kappa shape index (κ2) is 5.98. The van der Waals surface area contributed by atoms with Gasteiger partial charge in [-0.1, -0.05) is 0 Å². The van der Waals surface area contributed by atoms with Crippen molar-refractivity contribution in [3.8, 4) is 5.88 Å². The van der Waals surface area contributed by atoms with Crippen LogP contribution >= 0.6 is 0 Å². The highest BCUT2D eigenvalue weighted by molar-refractivity contribution is 5.85. The summed E-state index contributed by atoms with van der Waals surface area (Å²) < 4.78 is 5.60. The molecule has 0 aromatic carbocycles. The first kappa shape index (κ1) is 14.4. The molecule has 110 valence electrons. The lowest BCUT2D eigenvalue weighted by Gasteiger charge is -2.25. The lowest BCUT2D eigenvalue weighted by atomic mass is 10.2. The molecule has 6 heteroatoms. The first-order valence-corrected chi connectivity index (χ1v) is 6.94. The van der Waals surface area contributed by atoms with E-state index in [1.54, 1.807) is 13.1 Å². The van der Waals surface area contributed by atoms with Gasteiger partial charge >= 0.3 is 0 Å². The molecular formula is C14H22N4O2. The first-order chi connectivity index (χ1) is 9.52. The molecule has 0 bridgehead atoms. The van der Waals surface area contributed by atoms with Crippen LogP contribution in [0, 0.1) is 0 Å². The minimum absolute atomic E-state index is 0.00775. The highest BCUT2D eigenvalue weighted by Crippen LogP contribution is 2.29. The number of anilines is 2. The zero-order valence-electron chi connectivity index (χ0n) is 12.2. The summed E-state index contributed by atoms with van der Waals surface area (Å²) in [7, 11) is 1.66. The Morgan fingerprint density at radius 2 is 2.30 bits per heavy atom. The summed E-state index contributed by atoms with van der Waals surface area (Å²) in [5.41, 5.74) is 6.38. The molecule has 1 amide bonds. The van der Waals surface area contributed by atoms with Crippen molar-refractivity contribution in [1.29, 1.82) is 0 Å². The van der Waals surface area contributed by atoms with Crippen LogP contribution in [-0.4, -0.2) is 36.6 Å². The summed E-state index contributed by atoms with van der Waals surface area (Å²) in [5, 5.41) is 2.70. The monoisotopic (exact) mass is 278 g/mol. The smallest absolute Gasteiger partial charge is 0.242 e. The predicted molar refractivity (Wildman–Crippen MR) is 78.8 cm³/mol. The van der Waals surface area contributed by atoms with Crippen LogP contribution in [0.5, 0.6) is 5.88 Å². The number of hydrogen-bond acceptors (Lipinski definition) is 5. The molecule has 1 unspecified atom stereocenters. The molecule has 1 atom stereocenters. The van der Waals surface area contributed by atoms with E-state index in [0.717, 1.165) is 25.2 Å². The molecule has 1 aliphatic rings. The topological polar surface area (TPSA) is 80.5 Å². The van der Waals surface area contributed by atoms with Gasteiger partial charge in [0.25, 0.3) is 0 Å². The van der Waals surface area contributed by atoms with Gasteiger partial charge in [0.05, 0.1) is 11.8 Å². The normalized spacial score (nSPS) is 18.4. The fraction of sp³-hybridized carbons (Fsp3) is 0.571. The number of amides is 1. The molecular weight excluding hydrogens is 256 g/mol. The zero-order chi connectivity index (χ0) is 14.7. The number of nitrogens with one attached hydrogen (secondary N) is 1. The van der Waals surface area contributed by atoms with Gasteiger partial charge in [-0.3, -0.25) is 4.79 Å². The minimum Gasteiger partial charge on any atom is -0.473 e. The fourth-order valence-corrected chi connectivity index (χ4v) is 2.40. The highest BCUT2D eigenvalue weighted by atomic mass is 16.5. The van der Waals surface area contributed by atoms with Gasteiger partial charge in [0.2, 0.25) is 11.8 Å². The summed E-state index contributed by atoms with van der Waals surface area (Å²) >= 11 is 0. The molecule has 0 spiro atoms. The summed E-state index contributed by atoms with van der Waals surface area (Å²) in [6.07, 6.45) is 1.82. The number of pyridine rings is 1.